The first-order chi connectivity index (χ1) is 10.3. The van der Waals surface area contributed by atoms with Crippen LogP contribution in [0.25, 0.3) is 0 Å². The van der Waals surface area contributed by atoms with E-state index in [-0.39, 0.29) is 5.41 Å². The number of nitrogens with one attached hydrogen (secondary N) is 1. The molecule has 1 nitrogen and oxygen atoms in total. The zero-order valence-corrected chi connectivity index (χ0v) is 16.2. The van der Waals surface area contributed by atoms with Gasteiger partial charge in [-0.3, -0.25) is 0 Å². The van der Waals surface area contributed by atoms with Gasteiger partial charge in [0.25, 0.3) is 0 Å². The van der Waals surface area contributed by atoms with E-state index in [9.17, 15) is 0 Å². The predicted molar refractivity (Wildman–Crippen MR) is 100 cm³/mol. The van der Waals surface area contributed by atoms with Crippen LogP contribution in [0.15, 0.2) is 34.4 Å². The molecule has 1 aliphatic carbocycles. The number of allylic oxidation sites excluding steroid dienone is 5. The minimum atomic E-state index is 0.264. The molecule has 1 aliphatic rings. The second kappa shape index (κ2) is 8.57. The van der Waals surface area contributed by atoms with E-state index in [0.717, 1.165) is 0 Å². The van der Waals surface area contributed by atoms with Gasteiger partial charge in [-0.1, -0.05) is 63.0 Å². The highest BCUT2D eigenvalue weighted by Crippen LogP contribution is 2.49. The van der Waals surface area contributed by atoms with Crippen molar-refractivity contribution in [1.29, 1.82) is 0 Å². The molecule has 0 heterocycles. The van der Waals surface area contributed by atoms with Crippen LogP contribution in [0.4, 0.5) is 0 Å². The Morgan fingerprint density at radius 3 is 2.41 bits per heavy atom. The SMILES string of the molecule is C=C(Cl)/C(Cl)=C\C(=C/C)[C@@H]1CC[C@H](NC)C(C)(C)C1CCC. The highest BCUT2D eigenvalue weighted by atomic mass is 35.5. The Morgan fingerprint density at radius 2 is 1.95 bits per heavy atom. The third kappa shape index (κ3) is 4.40. The Kier molecular flexibility index (Phi) is 7.71. The summed E-state index contributed by atoms with van der Waals surface area (Å²) in [4.78, 5) is 0. The van der Waals surface area contributed by atoms with Crippen molar-refractivity contribution in [2.24, 2.45) is 17.3 Å². The number of hydrogen-bond acceptors (Lipinski definition) is 1. The maximum absolute atomic E-state index is 6.24. The number of rotatable bonds is 6. The zero-order chi connectivity index (χ0) is 16.9. The van der Waals surface area contributed by atoms with E-state index < -0.39 is 0 Å². The number of hydrogen-bond donors (Lipinski definition) is 1. The van der Waals surface area contributed by atoms with Gasteiger partial charge in [0.05, 0.1) is 10.1 Å². The van der Waals surface area contributed by atoms with Crippen LogP contribution in [0.5, 0.6) is 0 Å². The fraction of sp³-hybridized carbons (Fsp3) is 0.684. The summed E-state index contributed by atoms with van der Waals surface area (Å²) in [6.07, 6.45) is 9.02. The van der Waals surface area contributed by atoms with Crippen molar-refractivity contribution in [2.45, 2.75) is 59.4 Å². The quantitative estimate of drug-likeness (QED) is 0.562. The molecule has 1 unspecified atom stereocenters. The van der Waals surface area contributed by atoms with E-state index in [1.165, 1.54) is 31.3 Å². The smallest absolute Gasteiger partial charge is 0.0588 e. The first-order valence-corrected chi connectivity index (χ1v) is 9.10. The van der Waals surface area contributed by atoms with Gasteiger partial charge >= 0.3 is 0 Å². The van der Waals surface area contributed by atoms with Crippen LogP contribution in [0, 0.1) is 17.3 Å². The van der Waals surface area contributed by atoms with Gasteiger partial charge in [-0.15, -0.1) is 0 Å². The lowest BCUT2D eigenvalue weighted by atomic mass is 9.58. The first kappa shape index (κ1) is 19.8. The summed E-state index contributed by atoms with van der Waals surface area (Å²) in [5.41, 5.74) is 1.56. The second-order valence-corrected chi connectivity index (χ2v) is 7.79. The maximum atomic E-state index is 6.24. The standard InChI is InChI=1S/C19H31Cl2N/c1-7-9-16-15(10-11-18(22-6)19(16,4)5)14(8-2)12-17(21)13(3)20/h8,12,15-16,18,22H,3,7,9-11H2,1-2,4-6H3/b14-8+,17-12+/t15-,16?,18-/m0/s1. The Hall–Kier alpha value is -0.240. The lowest BCUT2D eigenvalue weighted by Gasteiger charge is -2.50. The van der Waals surface area contributed by atoms with Crippen LogP contribution in [0.3, 0.4) is 0 Å². The molecule has 1 saturated carbocycles. The molecule has 0 aromatic heterocycles. The van der Waals surface area contributed by atoms with Gasteiger partial charge in [-0.25, -0.2) is 0 Å². The van der Waals surface area contributed by atoms with E-state index in [0.29, 0.717) is 27.9 Å². The van der Waals surface area contributed by atoms with Crippen molar-refractivity contribution in [3.63, 3.8) is 0 Å². The van der Waals surface area contributed by atoms with E-state index in [2.05, 4.69) is 52.7 Å². The predicted octanol–water partition coefficient (Wildman–Crippen LogP) is 6.25. The van der Waals surface area contributed by atoms with Crippen molar-refractivity contribution in [2.75, 3.05) is 7.05 Å². The average Bonchev–Trinajstić information content (AvgIpc) is 2.46. The van der Waals surface area contributed by atoms with Gasteiger partial charge in [0.2, 0.25) is 0 Å². The first-order valence-electron chi connectivity index (χ1n) is 8.34. The molecule has 0 aromatic carbocycles. The topological polar surface area (TPSA) is 12.0 Å². The van der Waals surface area contributed by atoms with Crippen molar-refractivity contribution in [3.8, 4) is 0 Å². The molecular formula is C19H31Cl2N. The monoisotopic (exact) mass is 343 g/mol. The molecule has 1 N–H and O–H groups in total. The van der Waals surface area contributed by atoms with Crippen LogP contribution < -0.4 is 5.32 Å². The third-order valence-electron chi connectivity index (χ3n) is 5.37. The highest BCUT2D eigenvalue weighted by molar-refractivity contribution is 6.43. The Labute approximate surface area is 146 Å². The molecule has 1 rings (SSSR count). The molecule has 0 saturated heterocycles. The van der Waals surface area contributed by atoms with Crippen LogP contribution in [0.2, 0.25) is 0 Å². The molecule has 126 valence electrons. The summed E-state index contributed by atoms with van der Waals surface area (Å²) in [5, 5.41) is 4.49. The summed E-state index contributed by atoms with van der Waals surface area (Å²) < 4.78 is 0. The summed E-state index contributed by atoms with van der Waals surface area (Å²) in [6, 6.07) is 0.570. The normalized spacial score (nSPS) is 29.5. The van der Waals surface area contributed by atoms with Crippen LogP contribution in [-0.2, 0) is 0 Å². The molecule has 3 heteroatoms. The van der Waals surface area contributed by atoms with Gasteiger partial charge in [-0.2, -0.15) is 0 Å². The van der Waals surface area contributed by atoms with E-state index in [1.54, 1.807) is 0 Å². The van der Waals surface area contributed by atoms with Crippen molar-refractivity contribution in [3.05, 3.63) is 34.4 Å². The lowest BCUT2D eigenvalue weighted by molar-refractivity contribution is 0.0482. The van der Waals surface area contributed by atoms with Gasteiger partial charge in [0, 0.05) is 6.04 Å². The van der Waals surface area contributed by atoms with Gasteiger partial charge in [0.15, 0.2) is 0 Å². The van der Waals surface area contributed by atoms with Crippen molar-refractivity contribution >= 4 is 23.2 Å². The fourth-order valence-corrected chi connectivity index (χ4v) is 4.31. The second-order valence-electron chi connectivity index (χ2n) is 6.93. The highest BCUT2D eigenvalue weighted by Gasteiger charge is 2.44. The van der Waals surface area contributed by atoms with Gasteiger partial charge in [-0.05, 0) is 62.1 Å². The fourth-order valence-electron chi connectivity index (χ4n) is 4.12. The molecule has 22 heavy (non-hydrogen) atoms. The number of halogens is 2. The Balaban J connectivity index is 3.15. The minimum Gasteiger partial charge on any atom is -0.316 e. The summed E-state index contributed by atoms with van der Waals surface area (Å²) >= 11 is 12.2. The van der Waals surface area contributed by atoms with Crippen LogP contribution in [0.1, 0.15) is 53.4 Å². The summed E-state index contributed by atoms with van der Waals surface area (Å²) in [7, 11) is 2.08. The van der Waals surface area contributed by atoms with Crippen molar-refractivity contribution in [1.82, 2.24) is 5.32 Å². The molecular weight excluding hydrogens is 313 g/mol. The van der Waals surface area contributed by atoms with Gasteiger partial charge < -0.3 is 5.32 Å². The Morgan fingerprint density at radius 1 is 1.32 bits per heavy atom. The van der Waals surface area contributed by atoms with Crippen molar-refractivity contribution < 1.29 is 0 Å². The molecule has 0 spiro atoms. The zero-order valence-electron chi connectivity index (χ0n) is 14.7. The summed E-state index contributed by atoms with van der Waals surface area (Å²) in [5.74, 6) is 1.17. The lowest BCUT2D eigenvalue weighted by Crippen LogP contribution is -2.51. The molecule has 3 atom stereocenters. The molecule has 0 aliphatic heterocycles. The Bertz CT molecular complexity index is 448. The molecule has 0 bridgehead atoms. The minimum absolute atomic E-state index is 0.264. The average molecular weight is 344 g/mol. The summed E-state index contributed by atoms with van der Waals surface area (Å²) in [6.45, 7) is 12.9. The van der Waals surface area contributed by atoms with Crippen LogP contribution >= 0.6 is 23.2 Å². The van der Waals surface area contributed by atoms with Gasteiger partial charge in [0.1, 0.15) is 0 Å². The van der Waals surface area contributed by atoms with E-state index in [1.807, 2.05) is 6.08 Å². The van der Waals surface area contributed by atoms with E-state index >= 15 is 0 Å². The molecule has 1 fully saturated rings. The maximum Gasteiger partial charge on any atom is 0.0588 e. The van der Waals surface area contributed by atoms with E-state index in [4.69, 9.17) is 23.2 Å². The molecule has 0 radical (unpaired) electrons. The third-order valence-corrected chi connectivity index (χ3v) is 6.01. The largest absolute Gasteiger partial charge is 0.316 e. The molecule has 0 amide bonds. The molecule has 0 aromatic rings. The van der Waals surface area contributed by atoms with Crippen LogP contribution in [-0.4, -0.2) is 13.1 Å².